The first-order chi connectivity index (χ1) is 16.3. The summed E-state index contributed by atoms with van der Waals surface area (Å²) < 4.78 is 0. The average Bonchev–Trinajstić information content (AvgIpc) is 2.78. The topological polar surface area (TPSA) is 214 Å². The van der Waals surface area contributed by atoms with E-state index in [1.54, 1.807) is 44.2 Å². The van der Waals surface area contributed by atoms with Crippen molar-refractivity contribution in [3.05, 3.63) is 35.9 Å². The molecule has 35 heavy (non-hydrogen) atoms. The largest absolute Gasteiger partial charge is 0.480 e. The minimum absolute atomic E-state index is 0.0379. The molecule has 0 aliphatic carbocycles. The molecule has 1 aromatic carbocycles. The van der Waals surface area contributed by atoms with Crippen LogP contribution in [-0.2, 0) is 30.4 Å². The van der Waals surface area contributed by atoms with E-state index < -0.39 is 65.8 Å². The van der Waals surface area contributed by atoms with Crippen molar-refractivity contribution < 1.29 is 34.2 Å². The first-order valence-corrected chi connectivity index (χ1v) is 11.2. The van der Waals surface area contributed by atoms with E-state index in [1.165, 1.54) is 6.92 Å². The zero-order chi connectivity index (χ0) is 26.7. The Morgan fingerprint density at radius 2 is 1.43 bits per heavy atom. The summed E-state index contributed by atoms with van der Waals surface area (Å²) in [7, 11) is 0. The molecule has 9 N–H and O–H groups in total. The fourth-order valence-electron chi connectivity index (χ4n) is 3.18. The molecular formula is C23H35N5O7. The summed E-state index contributed by atoms with van der Waals surface area (Å²) in [5, 5.41) is 26.8. The minimum Gasteiger partial charge on any atom is -0.480 e. The predicted octanol–water partition coefficient (Wildman–Crippen LogP) is -1.60. The highest BCUT2D eigenvalue weighted by atomic mass is 16.4. The van der Waals surface area contributed by atoms with E-state index in [0.717, 1.165) is 0 Å². The fraction of sp³-hybridized carbons (Fsp3) is 0.522. The third-order valence-corrected chi connectivity index (χ3v) is 5.25. The SMILES string of the molecule is CC(C)C(NC(=O)C(NC(=O)C(N)CCC(N)=O)C(C)O)C(=O)NC(Cc1ccccc1)C(=O)O. The average molecular weight is 494 g/mol. The summed E-state index contributed by atoms with van der Waals surface area (Å²) in [6, 6.07) is 3.76. The molecule has 5 atom stereocenters. The summed E-state index contributed by atoms with van der Waals surface area (Å²) >= 11 is 0. The van der Waals surface area contributed by atoms with E-state index in [0.29, 0.717) is 5.56 Å². The predicted molar refractivity (Wildman–Crippen MR) is 126 cm³/mol. The van der Waals surface area contributed by atoms with Gasteiger partial charge in [0.05, 0.1) is 12.1 Å². The van der Waals surface area contributed by atoms with Crippen LogP contribution in [-0.4, -0.2) is 70.1 Å². The standard InChI is InChI=1S/C23H35N5O7/c1-12(2)18(21(32)26-16(23(34)35)11-14-7-5-4-6-8-14)27-22(33)19(13(3)29)28-20(31)15(24)9-10-17(25)30/h4-8,12-13,15-16,18-19,29H,9-11,24H2,1-3H3,(H2,25,30)(H,26,32)(H,27,33)(H,28,31)(H,34,35). The number of carboxylic acids is 1. The number of carbonyl (C=O) groups is 5. The maximum atomic E-state index is 12.9. The van der Waals surface area contributed by atoms with Crippen molar-refractivity contribution in [3.63, 3.8) is 0 Å². The monoisotopic (exact) mass is 493 g/mol. The van der Waals surface area contributed by atoms with Crippen molar-refractivity contribution in [2.45, 2.75) is 70.3 Å². The van der Waals surface area contributed by atoms with E-state index >= 15 is 0 Å². The molecule has 0 spiro atoms. The third kappa shape index (κ3) is 10.1. The van der Waals surface area contributed by atoms with Crippen LogP contribution < -0.4 is 27.4 Å². The summed E-state index contributed by atoms with van der Waals surface area (Å²) in [4.78, 5) is 60.6. The van der Waals surface area contributed by atoms with E-state index in [2.05, 4.69) is 16.0 Å². The van der Waals surface area contributed by atoms with Gasteiger partial charge in [0, 0.05) is 12.8 Å². The molecule has 0 aliphatic rings. The zero-order valence-corrected chi connectivity index (χ0v) is 20.1. The first kappa shape index (κ1) is 29.5. The quantitative estimate of drug-likeness (QED) is 0.160. The summed E-state index contributed by atoms with van der Waals surface area (Å²) in [5.41, 5.74) is 11.5. The number of aliphatic carboxylic acids is 1. The Bertz CT molecular complexity index is 892. The zero-order valence-electron chi connectivity index (χ0n) is 20.1. The van der Waals surface area contributed by atoms with Crippen LogP contribution in [0.25, 0.3) is 0 Å². The Morgan fingerprint density at radius 1 is 0.886 bits per heavy atom. The van der Waals surface area contributed by atoms with Gasteiger partial charge in [0.1, 0.15) is 18.1 Å². The fourth-order valence-corrected chi connectivity index (χ4v) is 3.18. The lowest BCUT2D eigenvalue weighted by molar-refractivity contribution is -0.142. The number of hydrogen-bond acceptors (Lipinski definition) is 7. The second-order valence-corrected chi connectivity index (χ2v) is 8.66. The molecule has 12 heteroatoms. The van der Waals surface area contributed by atoms with Gasteiger partial charge in [0.25, 0.3) is 0 Å². The number of nitrogens with one attached hydrogen (secondary N) is 3. The van der Waals surface area contributed by atoms with Gasteiger partial charge in [-0.15, -0.1) is 0 Å². The second kappa shape index (κ2) is 14.0. The second-order valence-electron chi connectivity index (χ2n) is 8.66. The van der Waals surface area contributed by atoms with Gasteiger partial charge >= 0.3 is 5.97 Å². The molecule has 0 saturated heterocycles. The van der Waals surface area contributed by atoms with Crippen molar-refractivity contribution >= 4 is 29.6 Å². The van der Waals surface area contributed by atoms with Crippen LogP contribution in [0.5, 0.6) is 0 Å². The van der Waals surface area contributed by atoms with Gasteiger partial charge in [-0.05, 0) is 24.8 Å². The molecule has 0 heterocycles. The highest BCUT2D eigenvalue weighted by Gasteiger charge is 2.33. The highest BCUT2D eigenvalue weighted by Crippen LogP contribution is 2.08. The highest BCUT2D eigenvalue weighted by molar-refractivity contribution is 5.94. The first-order valence-electron chi connectivity index (χ1n) is 11.2. The maximum absolute atomic E-state index is 12.9. The van der Waals surface area contributed by atoms with Crippen molar-refractivity contribution in [1.82, 2.24) is 16.0 Å². The van der Waals surface area contributed by atoms with Crippen molar-refractivity contribution in [3.8, 4) is 0 Å². The Morgan fingerprint density at radius 3 is 1.91 bits per heavy atom. The van der Waals surface area contributed by atoms with Crippen LogP contribution in [0.3, 0.4) is 0 Å². The number of benzene rings is 1. The molecule has 0 saturated carbocycles. The van der Waals surface area contributed by atoms with Crippen molar-refractivity contribution in [2.24, 2.45) is 17.4 Å². The maximum Gasteiger partial charge on any atom is 0.326 e. The lowest BCUT2D eigenvalue weighted by atomic mass is 10.0. The van der Waals surface area contributed by atoms with Gasteiger partial charge in [0.15, 0.2) is 0 Å². The smallest absolute Gasteiger partial charge is 0.326 e. The molecule has 194 valence electrons. The number of aliphatic hydroxyl groups is 1. The van der Waals surface area contributed by atoms with Crippen molar-refractivity contribution in [1.29, 1.82) is 0 Å². The third-order valence-electron chi connectivity index (χ3n) is 5.25. The normalized spacial score (nSPS) is 15.3. The number of aliphatic hydroxyl groups excluding tert-OH is 1. The Hall–Kier alpha value is -3.51. The number of carbonyl (C=O) groups excluding carboxylic acids is 4. The van der Waals surface area contributed by atoms with Gasteiger partial charge < -0.3 is 37.6 Å². The Balaban J connectivity index is 2.90. The number of hydrogen-bond donors (Lipinski definition) is 7. The van der Waals surface area contributed by atoms with Gasteiger partial charge in [0.2, 0.25) is 23.6 Å². The van der Waals surface area contributed by atoms with Crippen LogP contribution in [0.1, 0.15) is 39.2 Å². The minimum atomic E-state index is -1.45. The summed E-state index contributed by atoms with van der Waals surface area (Å²) in [6.45, 7) is 4.56. The number of carboxylic acid groups (broad SMARTS) is 1. The van der Waals surface area contributed by atoms with Crippen LogP contribution in [0, 0.1) is 5.92 Å². The number of amides is 4. The van der Waals surface area contributed by atoms with Crippen LogP contribution in [0.4, 0.5) is 0 Å². The van der Waals surface area contributed by atoms with Crippen LogP contribution in [0.2, 0.25) is 0 Å². The molecule has 5 unspecified atom stereocenters. The summed E-state index contributed by atoms with van der Waals surface area (Å²) in [6.07, 6.45) is -1.49. The molecule has 0 fully saturated rings. The lowest BCUT2D eigenvalue weighted by Gasteiger charge is -2.28. The molecular weight excluding hydrogens is 458 g/mol. The van der Waals surface area contributed by atoms with Crippen LogP contribution in [0.15, 0.2) is 30.3 Å². The Labute approximate surface area is 203 Å². The molecule has 1 rings (SSSR count). The molecule has 0 radical (unpaired) electrons. The molecule has 0 aliphatic heterocycles. The molecule has 4 amide bonds. The Kier molecular flexibility index (Phi) is 11.8. The molecule has 12 nitrogen and oxygen atoms in total. The molecule has 1 aromatic rings. The number of rotatable bonds is 14. The number of primary amides is 1. The van der Waals surface area contributed by atoms with Crippen LogP contribution >= 0.6 is 0 Å². The summed E-state index contributed by atoms with van der Waals surface area (Å²) in [5.74, 6) is -4.71. The van der Waals surface area contributed by atoms with E-state index in [4.69, 9.17) is 11.5 Å². The molecule has 0 bridgehead atoms. The van der Waals surface area contributed by atoms with Gasteiger partial charge in [-0.1, -0.05) is 44.2 Å². The van der Waals surface area contributed by atoms with E-state index in [1.807, 2.05) is 0 Å². The number of nitrogens with two attached hydrogens (primary N) is 2. The molecule has 0 aromatic heterocycles. The van der Waals surface area contributed by atoms with Gasteiger partial charge in [-0.3, -0.25) is 19.2 Å². The van der Waals surface area contributed by atoms with Gasteiger partial charge in [-0.25, -0.2) is 4.79 Å². The van der Waals surface area contributed by atoms with Crippen molar-refractivity contribution in [2.75, 3.05) is 0 Å². The van der Waals surface area contributed by atoms with E-state index in [9.17, 15) is 34.2 Å². The van der Waals surface area contributed by atoms with Gasteiger partial charge in [-0.2, -0.15) is 0 Å². The lowest BCUT2D eigenvalue weighted by Crippen LogP contribution is -2.60. The van der Waals surface area contributed by atoms with E-state index in [-0.39, 0.29) is 19.3 Å².